The monoisotopic (exact) mass is 414 g/mol. The van der Waals surface area contributed by atoms with Crippen LogP contribution in [0.2, 0.25) is 0 Å². The van der Waals surface area contributed by atoms with Gasteiger partial charge in [-0.1, -0.05) is 11.2 Å². The molecule has 0 bridgehead atoms. The first-order chi connectivity index (χ1) is 14.1. The summed E-state index contributed by atoms with van der Waals surface area (Å²) in [5.41, 5.74) is 0.710. The van der Waals surface area contributed by atoms with Crippen LogP contribution >= 0.6 is 11.8 Å². The van der Waals surface area contributed by atoms with Gasteiger partial charge in [-0.3, -0.25) is 19.5 Å². The average Bonchev–Trinajstić information content (AvgIpc) is 3.43. The molecule has 0 fully saturated rings. The molecule has 0 saturated carbocycles. The number of rotatable bonds is 4. The van der Waals surface area contributed by atoms with E-state index in [1.165, 1.54) is 0 Å². The van der Waals surface area contributed by atoms with Crippen molar-refractivity contribution < 1.29 is 18.8 Å². The molecule has 0 saturated heterocycles. The normalized spacial score (nSPS) is 14.1. The van der Waals surface area contributed by atoms with Crippen molar-refractivity contribution in [3.63, 3.8) is 0 Å². The maximum absolute atomic E-state index is 12.8. The van der Waals surface area contributed by atoms with E-state index < -0.39 is 17.2 Å². The standard InChI is InChI=1S/C18H14N4O6S/c23-15(20-16-11-6-29-7-12(11)21-28-16)10-4-19-18(25)22(17(10)24)5-9-1-2-13-14(3-9)27-8-26-13/h1-4H,5-8H2,(H,19,25)(H,20,23). The first-order valence-corrected chi connectivity index (χ1v) is 9.83. The fourth-order valence-corrected chi connectivity index (χ4v) is 4.19. The third kappa shape index (κ3) is 3.09. The number of aromatic amines is 1. The molecule has 2 aromatic heterocycles. The summed E-state index contributed by atoms with van der Waals surface area (Å²) >= 11 is 1.66. The average molecular weight is 414 g/mol. The zero-order valence-corrected chi connectivity index (χ0v) is 15.7. The van der Waals surface area contributed by atoms with Crippen molar-refractivity contribution in [3.05, 3.63) is 67.6 Å². The summed E-state index contributed by atoms with van der Waals surface area (Å²) in [4.78, 5) is 40.1. The number of carbonyl (C=O) groups excluding carboxylic acids is 1. The molecule has 4 heterocycles. The summed E-state index contributed by atoms with van der Waals surface area (Å²) in [5.74, 6) is 2.08. The number of hydrogen-bond acceptors (Lipinski definition) is 8. The molecule has 2 N–H and O–H groups in total. The van der Waals surface area contributed by atoms with Gasteiger partial charge in [-0.2, -0.15) is 11.8 Å². The van der Waals surface area contributed by atoms with E-state index in [1.54, 1.807) is 30.0 Å². The molecule has 29 heavy (non-hydrogen) atoms. The Labute approximate surface area is 166 Å². The minimum Gasteiger partial charge on any atom is -0.454 e. The van der Waals surface area contributed by atoms with Crippen LogP contribution in [0.1, 0.15) is 27.2 Å². The van der Waals surface area contributed by atoms with Crippen LogP contribution in [0, 0.1) is 0 Å². The van der Waals surface area contributed by atoms with Gasteiger partial charge < -0.3 is 19.0 Å². The largest absolute Gasteiger partial charge is 0.454 e. The minimum absolute atomic E-state index is 0.0275. The Morgan fingerprint density at radius 3 is 3.00 bits per heavy atom. The van der Waals surface area contributed by atoms with E-state index in [4.69, 9.17) is 14.0 Å². The summed E-state index contributed by atoms with van der Waals surface area (Å²) in [6.07, 6.45) is 1.10. The predicted octanol–water partition coefficient (Wildman–Crippen LogP) is 1.30. The number of hydrogen-bond donors (Lipinski definition) is 2. The minimum atomic E-state index is -0.713. The number of amides is 1. The molecular formula is C18H14N4O6S. The van der Waals surface area contributed by atoms with E-state index in [1.807, 2.05) is 0 Å². The second-order valence-electron chi connectivity index (χ2n) is 6.47. The SMILES string of the molecule is O=C(Nc1onc2c1CSC2)c1c[nH]c(=O)n(Cc2ccc3c(c2)OCO3)c1=O. The number of aromatic nitrogens is 3. The van der Waals surface area contributed by atoms with E-state index in [9.17, 15) is 14.4 Å². The predicted molar refractivity (Wildman–Crippen MR) is 102 cm³/mol. The first-order valence-electron chi connectivity index (χ1n) is 8.68. The Kier molecular flexibility index (Phi) is 4.16. The Bertz CT molecular complexity index is 1240. The molecule has 11 heteroatoms. The molecule has 1 amide bonds. The third-order valence-corrected chi connectivity index (χ3v) is 5.64. The molecule has 5 rings (SSSR count). The molecule has 148 valence electrons. The number of nitrogens with zero attached hydrogens (tertiary/aromatic N) is 2. The molecule has 0 spiro atoms. The van der Waals surface area contributed by atoms with E-state index >= 15 is 0 Å². The van der Waals surface area contributed by atoms with Crippen molar-refractivity contribution >= 4 is 23.6 Å². The molecule has 1 aromatic carbocycles. The molecule has 0 aliphatic carbocycles. The van der Waals surface area contributed by atoms with Gasteiger partial charge in [0.1, 0.15) is 5.56 Å². The summed E-state index contributed by atoms with van der Waals surface area (Å²) in [5, 5.41) is 6.48. The third-order valence-electron chi connectivity index (χ3n) is 4.66. The van der Waals surface area contributed by atoms with Crippen LogP contribution in [-0.2, 0) is 18.1 Å². The Hall–Kier alpha value is -3.47. The van der Waals surface area contributed by atoms with Gasteiger partial charge >= 0.3 is 5.69 Å². The van der Waals surface area contributed by atoms with Crippen molar-refractivity contribution in [2.24, 2.45) is 0 Å². The maximum atomic E-state index is 12.8. The number of benzene rings is 1. The molecule has 2 aliphatic rings. The second kappa shape index (κ2) is 6.85. The van der Waals surface area contributed by atoms with E-state index in [0.717, 1.165) is 27.8 Å². The van der Waals surface area contributed by atoms with Crippen LogP contribution in [0.4, 0.5) is 5.88 Å². The summed E-state index contributed by atoms with van der Waals surface area (Å²) in [7, 11) is 0. The second-order valence-corrected chi connectivity index (χ2v) is 7.46. The molecule has 0 unspecified atom stereocenters. The van der Waals surface area contributed by atoms with Gasteiger partial charge in [-0.15, -0.1) is 0 Å². The van der Waals surface area contributed by atoms with E-state index in [0.29, 0.717) is 22.8 Å². The lowest BCUT2D eigenvalue weighted by molar-refractivity contribution is 0.102. The molecule has 0 radical (unpaired) electrons. The number of H-pyrrole nitrogens is 1. The van der Waals surface area contributed by atoms with Gasteiger partial charge in [0.15, 0.2) is 11.5 Å². The van der Waals surface area contributed by atoms with Crippen LogP contribution in [0.5, 0.6) is 11.5 Å². The van der Waals surface area contributed by atoms with Crippen molar-refractivity contribution in [2.75, 3.05) is 12.1 Å². The van der Waals surface area contributed by atoms with Gasteiger partial charge in [0.2, 0.25) is 12.7 Å². The fraction of sp³-hybridized carbons (Fsp3) is 0.222. The highest BCUT2D eigenvalue weighted by atomic mass is 32.2. The lowest BCUT2D eigenvalue weighted by Gasteiger charge is -2.08. The van der Waals surface area contributed by atoms with Crippen molar-refractivity contribution in [3.8, 4) is 11.5 Å². The van der Waals surface area contributed by atoms with Gasteiger partial charge in [0.05, 0.1) is 17.8 Å². The van der Waals surface area contributed by atoms with Crippen LogP contribution < -0.4 is 26.0 Å². The number of fused-ring (bicyclic) bond motifs is 2. The van der Waals surface area contributed by atoms with Gasteiger partial charge in [-0.25, -0.2) is 4.79 Å². The summed E-state index contributed by atoms with van der Waals surface area (Å²) < 4.78 is 16.7. The summed E-state index contributed by atoms with van der Waals surface area (Å²) in [6, 6.07) is 5.12. The number of ether oxygens (including phenoxy) is 2. The Balaban J connectivity index is 1.44. The first kappa shape index (κ1) is 17.6. The number of thioether (sulfide) groups is 1. The molecule has 0 atom stereocenters. The lowest BCUT2D eigenvalue weighted by Crippen LogP contribution is -2.39. The van der Waals surface area contributed by atoms with Gasteiger partial charge in [0.25, 0.3) is 11.5 Å². The van der Waals surface area contributed by atoms with Crippen LogP contribution in [0.25, 0.3) is 0 Å². The van der Waals surface area contributed by atoms with Crippen molar-refractivity contribution in [1.82, 2.24) is 14.7 Å². The van der Waals surface area contributed by atoms with E-state index in [-0.39, 0.29) is 24.8 Å². The van der Waals surface area contributed by atoms with Gasteiger partial charge in [0, 0.05) is 17.7 Å². The summed E-state index contributed by atoms with van der Waals surface area (Å²) in [6.45, 7) is 0.0963. The van der Waals surface area contributed by atoms with Crippen LogP contribution in [-0.4, -0.2) is 27.4 Å². The van der Waals surface area contributed by atoms with Crippen LogP contribution in [0.15, 0.2) is 38.5 Å². The highest BCUT2D eigenvalue weighted by molar-refractivity contribution is 7.98. The maximum Gasteiger partial charge on any atom is 0.328 e. The number of nitrogens with one attached hydrogen (secondary N) is 2. The molecule has 2 aliphatic heterocycles. The highest BCUT2D eigenvalue weighted by Crippen LogP contribution is 2.34. The quantitative estimate of drug-likeness (QED) is 0.654. The topological polar surface area (TPSA) is 128 Å². The van der Waals surface area contributed by atoms with Crippen molar-refractivity contribution in [1.29, 1.82) is 0 Å². The van der Waals surface area contributed by atoms with Gasteiger partial charge in [-0.05, 0) is 17.7 Å². The molecule has 3 aromatic rings. The zero-order valence-electron chi connectivity index (χ0n) is 14.9. The molecular weight excluding hydrogens is 400 g/mol. The Morgan fingerprint density at radius 2 is 2.10 bits per heavy atom. The zero-order chi connectivity index (χ0) is 20.0. The smallest absolute Gasteiger partial charge is 0.328 e. The molecule has 10 nitrogen and oxygen atoms in total. The van der Waals surface area contributed by atoms with E-state index in [2.05, 4.69) is 15.5 Å². The van der Waals surface area contributed by atoms with Crippen molar-refractivity contribution in [2.45, 2.75) is 18.1 Å². The fourth-order valence-electron chi connectivity index (χ4n) is 3.16. The van der Waals surface area contributed by atoms with Crippen LogP contribution in [0.3, 0.4) is 0 Å². The number of carbonyl (C=O) groups is 1. The lowest BCUT2D eigenvalue weighted by atomic mass is 10.2. The number of anilines is 1. The Morgan fingerprint density at radius 1 is 1.24 bits per heavy atom. The highest BCUT2D eigenvalue weighted by Gasteiger charge is 2.24.